The molecule has 1 aromatic carbocycles. The van der Waals surface area contributed by atoms with Crippen LogP contribution in [-0.2, 0) is 4.79 Å². The molecule has 0 radical (unpaired) electrons. The molecule has 0 bridgehead atoms. The predicted octanol–water partition coefficient (Wildman–Crippen LogP) is 2.08. The van der Waals surface area contributed by atoms with Crippen LogP contribution in [0.4, 0.5) is 0 Å². The number of methoxy groups -OCH3 is 1. The lowest BCUT2D eigenvalue weighted by Gasteiger charge is -2.10. The molecule has 112 valence electrons. The van der Waals surface area contributed by atoms with Gasteiger partial charge in [-0.2, -0.15) is 0 Å². The highest BCUT2D eigenvalue weighted by Gasteiger charge is 2.16. The molecule has 0 spiro atoms. The Labute approximate surface area is 130 Å². The van der Waals surface area contributed by atoms with Crippen LogP contribution in [0, 0.1) is 0 Å². The number of thioether (sulfide) groups is 1. The molecular weight excluding hydrogens is 296 g/mol. The van der Waals surface area contributed by atoms with E-state index in [1.165, 1.54) is 0 Å². The molecule has 1 atom stereocenters. The van der Waals surface area contributed by atoms with Crippen molar-refractivity contribution in [2.75, 3.05) is 26.0 Å². The SMILES string of the molecule is COc1ccc(SCCC(=O)NC2CCNC2)cc1.Cl. The van der Waals surface area contributed by atoms with E-state index in [2.05, 4.69) is 10.6 Å². The number of nitrogens with one attached hydrogen (secondary N) is 2. The van der Waals surface area contributed by atoms with Gasteiger partial charge in [-0.1, -0.05) is 0 Å². The number of ether oxygens (including phenoxy) is 1. The molecule has 0 aromatic heterocycles. The molecule has 20 heavy (non-hydrogen) atoms. The second-order valence-corrected chi connectivity index (χ2v) is 5.70. The van der Waals surface area contributed by atoms with Crippen molar-refractivity contribution in [3.8, 4) is 5.75 Å². The third kappa shape index (κ3) is 5.61. The zero-order chi connectivity index (χ0) is 13.5. The van der Waals surface area contributed by atoms with Crippen molar-refractivity contribution < 1.29 is 9.53 Å². The van der Waals surface area contributed by atoms with Gasteiger partial charge < -0.3 is 15.4 Å². The summed E-state index contributed by atoms with van der Waals surface area (Å²) in [6, 6.07) is 8.22. The highest BCUT2D eigenvalue weighted by Crippen LogP contribution is 2.21. The molecule has 0 saturated carbocycles. The normalized spacial score (nSPS) is 17.4. The van der Waals surface area contributed by atoms with Crippen molar-refractivity contribution in [3.05, 3.63) is 24.3 Å². The summed E-state index contributed by atoms with van der Waals surface area (Å²) in [5.41, 5.74) is 0. The Kier molecular flexibility index (Phi) is 7.80. The zero-order valence-electron chi connectivity index (χ0n) is 11.6. The molecular formula is C14H21ClN2O2S. The number of hydrogen-bond donors (Lipinski definition) is 2. The lowest BCUT2D eigenvalue weighted by atomic mass is 10.2. The second-order valence-electron chi connectivity index (χ2n) is 4.53. The highest BCUT2D eigenvalue weighted by atomic mass is 35.5. The maximum atomic E-state index is 11.7. The van der Waals surface area contributed by atoms with E-state index in [0.717, 1.165) is 35.9 Å². The molecule has 1 aliphatic rings. The minimum absolute atomic E-state index is 0. The largest absolute Gasteiger partial charge is 0.497 e. The summed E-state index contributed by atoms with van der Waals surface area (Å²) in [4.78, 5) is 12.9. The Bertz CT molecular complexity index is 408. The average molecular weight is 317 g/mol. The van der Waals surface area contributed by atoms with E-state index in [0.29, 0.717) is 12.5 Å². The Hall–Kier alpha value is -0.910. The molecule has 1 fully saturated rings. The van der Waals surface area contributed by atoms with Crippen molar-refractivity contribution in [2.24, 2.45) is 0 Å². The first-order chi connectivity index (χ1) is 9.28. The van der Waals surface area contributed by atoms with Crippen LogP contribution in [0.15, 0.2) is 29.2 Å². The molecule has 1 aromatic rings. The number of benzene rings is 1. The van der Waals surface area contributed by atoms with Gasteiger partial charge in [0, 0.05) is 29.7 Å². The predicted molar refractivity (Wildman–Crippen MR) is 85.0 cm³/mol. The Morgan fingerprint density at radius 1 is 1.45 bits per heavy atom. The zero-order valence-corrected chi connectivity index (χ0v) is 13.2. The van der Waals surface area contributed by atoms with Crippen LogP contribution in [-0.4, -0.2) is 37.9 Å². The number of halogens is 1. The van der Waals surface area contributed by atoms with Gasteiger partial charge in [-0.05, 0) is 37.2 Å². The smallest absolute Gasteiger partial charge is 0.221 e. The van der Waals surface area contributed by atoms with Gasteiger partial charge in [-0.25, -0.2) is 0 Å². The fraction of sp³-hybridized carbons (Fsp3) is 0.500. The molecule has 4 nitrogen and oxygen atoms in total. The summed E-state index contributed by atoms with van der Waals surface area (Å²) in [6.45, 7) is 1.91. The monoisotopic (exact) mass is 316 g/mol. The molecule has 1 saturated heterocycles. The quantitative estimate of drug-likeness (QED) is 0.789. The van der Waals surface area contributed by atoms with Gasteiger partial charge in [-0.15, -0.1) is 24.2 Å². The first kappa shape index (κ1) is 17.1. The molecule has 2 rings (SSSR count). The third-order valence-electron chi connectivity index (χ3n) is 3.08. The Morgan fingerprint density at radius 2 is 2.20 bits per heavy atom. The molecule has 0 aliphatic carbocycles. The number of carbonyl (C=O) groups excluding carboxylic acids is 1. The van der Waals surface area contributed by atoms with Gasteiger partial charge in [0.2, 0.25) is 5.91 Å². The van der Waals surface area contributed by atoms with Gasteiger partial charge in [0.1, 0.15) is 5.75 Å². The van der Waals surface area contributed by atoms with Crippen molar-refractivity contribution in [1.29, 1.82) is 0 Å². The van der Waals surface area contributed by atoms with Gasteiger partial charge in [0.15, 0.2) is 0 Å². The fourth-order valence-electron chi connectivity index (χ4n) is 2.01. The first-order valence-electron chi connectivity index (χ1n) is 6.55. The van der Waals surface area contributed by atoms with E-state index in [9.17, 15) is 4.79 Å². The van der Waals surface area contributed by atoms with E-state index in [1.807, 2.05) is 24.3 Å². The van der Waals surface area contributed by atoms with E-state index >= 15 is 0 Å². The van der Waals surface area contributed by atoms with E-state index in [1.54, 1.807) is 18.9 Å². The Morgan fingerprint density at radius 3 is 2.80 bits per heavy atom. The topological polar surface area (TPSA) is 50.4 Å². The van der Waals surface area contributed by atoms with Crippen LogP contribution < -0.4 is 15.4 Å². The second kappa shape index (κ2) is 9.10. The lowest BCUT2D eigenvalue weighted by molar-refractivity contribution is -0.121. The van der Waals surface area contributed by atoms with Gasteiger partial charge in [0.05, 0.1) is 7.11 Å². The van der Waals surface area contributed by atoms with Gasteiger partial charge in [-0.3, -0.25) is 4.79 Å². The summed E-state index contributed by atoms with van der Waals surface area (Å²) in [5, 5.41) is 6.29. The van der Waals surface area contributed by atoms with E-state index in [-0.39, 0.29) is 18.3 Å². The molecule has 1 aliphatic heterocycles. The fourth-order valence-corrected chi connectivity index (χ4v) is 2.86. The van der Waals surface area contributed by atoms with Crippen LogP contribution in [0.1, 0.15) is 12.8 Å². The van der Waals surface area contributed by atoms with E-state index in [4.69, 9.17) is 4.74 Å². The van der Waals surface area contributed by atoms with Crippen LogP contribution in [0.2, 0.25) is 0 Å². The van der Waals surface area contributed by atoms with E-state index < -0.39 is 0 Å². The average Bonchev–Trinajstić information content (AvgIpc) is 2.92. The maximum absolute atomic E-state index is 11.7. The van der Waals surface area contributed by atoms with Gasteiger partial charge >= 0.3 is 0 Å². The molecule has 2 N–H and O–H groups in total. The van der Waals surface area contributed by atoms with Crippen LogP contribution >= 0.6 is 24.2 Å². The number of amides is 1. The number of rotatable bonds is 6. The van der Waals surface area contributed by atoms with Crippen molar-refractivity contribution in [1.82, 2.24) is 10.6 Å². The van der Waals surface area contributed by atoms with Crippen molar-refractivity contribution in [3.63, 3.8) is 0 Å². The minimum Gasteiger partial charge on any atom is -0.497 e. The summed E-state index contributed by atoms with van der Waals surface area (Å²) < 4.78 is 5.11. The highest BCUT2D eigenvalue weighted by molar-refractivity contribution is 7.99. The van der Waals surface area contributed by atoms with Crippen molar-refractivity contribution >= 4 is 30.1 Å². The number of carbonyl (C=O) groups is 1. The first-order valence-corrected chi connectivity index (χ1v) is 7.53. The van der Waals surface area contributed by atoms with Crippen LogP contribution in [0.5, 0.6) is 5.75 Å². The maximum Gasteiger partial charge on any atom is 0.221 e. The lowest BCUT2D eigenvalue weighted by Crippen LogP contribution is -2.36. The Balaban J connectivity index is 0.00000200. The molecule has 6 heteroatoms. The molecule has 1 unspecified atom stereocenters. The minimum atomic E-state index is 0. The molecule has 1 heterocycles. The molecule has 1 amide bonds. The third-order valence-corrected chi connectivity index (χ3v) is 4.10. The van der Waals surface area contributed by atoms with Crippen LogP contribution in [0.25, 0.3) is 0 Å². The van der Waals surface area contributed by atoms with Crippen molar-refractivity contribution in [2.45, 2.75) is 23.8 Å². The summed E-state index contributed by atoms with van der Waals surface area (Å²) in [5.74, 6) is 1.81. The standard InChI is InChI=1S/C14H20N2O2S.ClH/c1-18-12-2-4-13(5-3-12)19-9-7-14(17)16-11-6-8-15-10-11;/h2-5,11,15H,6-10H2,1H3,(H,16,17);1H. The summed E-state index contributed by atoms with van der Waals surface area (Å²) >= 11 is 1.69. The summed E-state index contributed by atoms with van der Waals surface area (Å²) in [7, 11) is 1.66. The van der Waals surface area contributed by atoms with Gasteiger partial charge in [0.25, 0.3) is 0 Å². The summed E-state index contributed by atoms with van der Waals surface area (Å²) in [6.07, 6.45) is 1.60. The van der Waals surface area contributed by atoms with Crippen LogP contribution in [0.3, 0.4) is 0 Å². The number of hydrogen-bond acceptors (Lipinski definition) is 4.